The lowest BCUT2D eigenvalue weighted by molar-refractivity contribution is 0.0695. The highest BCUT2D eigenvalue weighted by Crippen LogP contribution is 2.24. The van der Waals surface area contributed by atoms with E-state index in [1.807, 2.05) is 0 Å². The molecule has 2 aromatic rings. The predicted octanol–water partition coefficient (Wildman–Crippen LogP) is 2.33. The van der Waals surface area contributed by atoms with E-state index in [-0.39, 0.29) is 42.4 Å². The number of hydrogen-bond acceptors (Lipinski definition) is 4. The Morgan fingerprint density at radius 3 is 2.42 bits per heavy atom. The first-order chi connectivity index (χ1) is 12.3. The lowest BCUT2D eigenvalue weighted by Gasteiger charge is -2.34. The van der Waals surface area contributed by atoms with Crippen LogP contribution in [0.5, 0.6) is 5.75 Å². The van der Waals surface area contributed by atoms with E-state index in [4.69, 9.17) is 11.6 Å². The molecule has 1 aliphatic heterocycles. The molecule has 1 fully saturated rings. The molecule has 0 aliphatic carbocycles. The molecule has 6 nitrogen and oxygen atoms in total. The maximum Gasteiger partial charge on any atom is 0.257 e. The van der Waals surface area contributed by atoms with E-state index >= 15 is 0 Å². The van der Waals surface area contributed by atoms with Gasteiger partial charge in [0, 0.05) is 31.2 Å². The summed E-state index contributed by atoms with van der Waals surface area (Å²) in [5.74, 6) is -1.24. The largest absolute Gasteiger partial charge is 0.507 e. The molecule has 1 amide bonds. The summed E-state index contributed by atoms with van der Waals surface area (Å²) in [5.41, 5.74) is 0.0685. The second-order valence-electron chi connectivity index (χ2n) is 5.82. The number of nitrogens with zero attached hydrogens (tertiary/aromatic N) is 2. The maximum atomic E-state index is 13.3. The highest BCUT2D eigenvalue weighted by atomic mass is 35.5. The standard InChI is InChI=1S/C17H16ClFN2O4S/c18-12-4-5-16(22)15(10-12)17(23)20-6-8-21(9-7-20)26(24,25)14-3-1-2-13(19)11-14/h1-5,10-11,22H,6-9H2. The van der Waals surface area contributed by atoms with Crippen LogP contribution in [-0.2, 0) is 10.0 Å². The molecule has 0 bridgehead atoms. The normalized spacial score (nSPS) is 15.8. The smallest absolute Gasteiger partial charge is 0.257 e. The van der Waals surface area contributed by atoms with E-state index in [1.165, 1.54) is 45.6 Å². The summed E-state index contributed by atoms with van der Waals surface area (Å²) in [6.45, 7) is 0.455. The zero-order valence-corrected chi connectivity index (χ0v) is 15.2. The number of halogens is 2. The minimum Gasteiger partial charge on any atom is -0.507 e. The Morgan fingerprint density at radius 1 is 1.08 bits per heavy atom. The van der Waals surface area contributed by atoms with Gasteiger partial charge in [-0.3, -0.25) is 4.79 Å². The van der Waals surface area contributed by atoms with Crippen molar-refractivity contribution >= 4 is 27.5 Å². The highest BCUT2D eigenvalue weighted by molar-refractivity contribution is 7.89. The topological polar surface area (TPSA) is 77.9 Å². The molecule has 1 N–H and O–H groups in total. The number of benzene rings is 2. The fourth-order valence-corrected chi connectivity index (χ4v) is 4.38. The van der Waals surface area contributed by atoms with E-state index in [1.54, 1.807) is 0 Å². The first kappa shape index (κ1) is 18.6. The van der Waals surface area contributed by atoms with Gasteiger partial charge in [0.15, 0.2) is 0 Å². The van der Waals surface area contributed by atoms with Crippen LogP contribution in [0.15, 0.2) is 47.4 Å². The number of sulfonamides is 1. The van der Waals surface area contributed by atoms with Crippen LogP contribution in [0.1, 0.15) is 10.4 Å². The Labute approximate surface area is 155 Å². The van der Waals surface area contributed by atoms with Crippen molar-refractivity contribution in [1.82, 2.24) is 9.21 Å². The van der Waals surface area contributed by atoms with Crippen LogP contribution in [0.25, 0.3) is 0 Å². The van der Waals surface area contributed by atoms with Crippen LogP contribution in [0.3, 0.4) is 0 Å². The quantitative estimate of drug-likeness (QED) is 0.860. The van der Waals surface area contributed by atoms with E-state index < -0.39 is 21.7 Å². The summed E-state index contributed by atoms with van der Waals surface area (Å²) < 4.78 is 39.7. The minimum atomic E-state index is -3.83. The van der Waals surface area contributed by atoms with Gasteiger partial charge in [0.1, 0.15) is 11.6 Å². The van der Waals surface area contributed by atoms with Gasteiger partial charge in [0.05, 0.1) is 10.5 Å². The minimum absolute atomic E-state index is 0.0685. The third-order valence-corrected chi connectivity index (χ3v) is 6.28. The fourth-order valence-electron chi connectivity index (χ4n) is 2.76. The van der Waals surface area contributed by atoms with Gasteiger partial charge in [0.25, 0.3) is 5.91 Å². The molecular formula is C17H16ClFN2O4S. The van der Waals surface area contributed by atoms with Gasteiger partial charge in [-0.15, -0.1) is 0 Å². The van der Waals surface area contributed by atoms with E-state index in [9.17, 15) is 22.7 Å². The molecule has 9 heteroatoms. The second-order valence-corrected chi connectivity index (χ2v) is 8.19. The molecule has 0 saturated carbocycles. The number of amides is 1. The first-order valence-corrected chi connectivity index (χ1v) is 9.64. The number of carbonyl (C=O) groups is 1. The first-order valence-electron chi connectivity index (χ1n) is 7.82. The maximum absolute atomic E-state index is 13.3. The SMILES string of the molecule is O=C(c1cc(Cl)ccc1O)N1CCN(S(=O)(=O)c2cccc(F)c2)CC1. The van der Waals surface area contributed by atoms with Gasteiger partial charge in [-0.25, -0.2) is 12.8 Å². The number of phenols is 1. The summed E-state index contributed by atoms with van der Waals surface area (Å²) >= 11 is 5.86. The molecule has 1 heterocycles. The molecule has 0 aromatic heterocycles. The van der Waals surface area contributed by atoms with Gasteiger partial charge < -0.3 is 10.0 Å². The number of carbonyl (C=O) groups excluding carboxylic acids is 1. The number of hydrogen-bond donors (Lipinski definition) is 1. The van der Waals surface area contributed by atoms with Crippen LogP contribution in [0, 0.1) is 5.82 Å². The van der Waals surface area contributed by atoms with Crippen LogP contribution in [0.4, 0.5) is 4.39 Å². The van der Waals surface area contributed by atoms with Crippen molar-refractivity contribution in [2.24, 2.45) is 0 Å². The third kappa shape index (κ3) is 3.67. The van der Waals surface area contributed by atoms with Crippen molar-refractivity contribution in [3.8, 4) is 5.75 Å². The summed E-state index contributed by atoms with van der Waals surface area (Å²) in [6, 6.07) is 8.99. The van der Waals surface area contributed by atoms with Crippen molar-refractivity contribution in [2.45, 2.75) is 4.90 Å². The molecule has 0 atom stereocenters. The Kier molecular flexibility index (Phi) is 5.17. The van der Waals surface area contributed by atoms with Crippen LogP contribution < -0.4 is 0 Å². The molecule has 2 aromatic carbocycles. The number of phenolic OH excluding ortho intramolecular Hbond substituents is 1. The molecule has 0 radical (unpaired) electrons. The number of aromatic hydroxyl groups is 1. The van der Waals surface area contributed by atoms with E-state index in [0.717, 1.165) is 6.07 Å². The van der Waals surface area contributed by atoms with Crippen molar-refractivity contribution in [3.63, 3.8) is 0 Å². The van der Waals surface area contributed by atoms with Gasteiger partial charge in [0.2, 0.25) is 10.0 Å². The lowest BCUT2D eigenvalue weighted by Crippen LogP contribution is -2.50. The van der Waals surface area contributed by atoms with Gasteiger partial charge in [-0.2, -0.15) is 4.31 Å². The van der Waals surface area contributed by atoms with Gasteiger partial charge in [-0.05, 0) is 36.4 Å². The van der Waals surface area contributed by atoms with E-state index in [0.29, 0.717) is 5.02 Å². The second kappa shape index (κ2) is 7.22. The molecule has 0 unspecified atom stereocenters. The van der Waals surface area contributed by atoms with Crippen LogP contribution >= 0.6 is 11.6 Å². The Hall–Kier alpha value is -2.16. The van der Waals surface area contributed by atoms with Crippen LogP contribution in [-0.4, -0.2) is 54.8 Å². The zero-order valence-electron chi connectivity index (χ0n) is 13.6. The van der Waals surface area contributed by atoms with Crippen molar-refractivity contribution in [1.29, 1.82) is 0 Å². The number of rotatable bonds is 3. The molecule has 1 saturated heterocycles. The third-order valence-electron chi connectivity index (χ3n) is 4.15. The van der Waals surface area contributed by atoms with Crippen molar-refractivity contribution in [3.05, 3.63) is 58.9 Å². The zero-order chi connectivity index (χ0) is 18.9. The average molecular weight is 399 g/mol. The van der Waals surface area contributed by atoms with E-state index in [2.05, 4.69) is 0 Å². The summed E-state index contributed by atoms with van der Waals surface area (Å²) in [5, 5.41) is 10.2. The fraction of sp³-hybridized carbons (Fsp3) is 0.235. The Bertz CT molecular complexity index is 944. The van der Waals surface area contributed by atoms with Gasteiger partial charge in [-0.1, -0.05) is 17.7 Å². The molecule has 138 valence electrons. The molecule has 1 aliphatic rings. The predicted molar refractivity (Wildman–Crippen MR) is 94.2 cm³/mol. The molecular weight excluding hydrogens is 383 g/mol. The number of piperazine rings is 1. The Morgan fingerprint density at radius 2 is 1.77 bits per heavy atom. The van der Waals surface area contributed by atoms with Crippen molar-refractivity contribution in [2.75, 3.05) is 26.2 Å². The summed E-state index contributed by atoms with van der Waals surface area (Å²) in [4.78, 5) is 13.9. The average Bonchev–Trinajstić information content (AvgIpc) is 2.63. The molecule has 0 spiro atoms. The molecule has 3 rings (SSSR count). The summed E-state index contributed by atoms with van der Waals surface area (Å²) in [6.07, 6.45) is 0. The van der Waals surface area contributed by atoms with Crippen LogP contribution in [0.2, 0.25) is 5.02 Å². The Balaban J connectivity index is 1.73. The summed E-state index contributed by atoms with van der Waals surface area (Å²) in [7, 11) is -3.83. The highest BCUT2D eigenvalue weighted by Gasteiger charge is 2.31. The monoisotopic (exact) mass is 398 g/mol. The van der Waals surface area contributed by atoms with Gasteiger partial charge >= 0.3 is 0 Å². The van der Waals surface area contributed by atoms with Crippen molar-refractivity contribution < 1.29 is 22.7 Å². The lowest BCUT2D eigenvalue weighted by atomic mass is 10.1. The molecule has 26 heavy (non-hydrogen) atoms.